The summed E-state index contributed by atoms with van der Waals surface area (Å²) in [5, 5.41) is 17.8. The van der Waals surface area contributed by atoms with E-state index in [1.807, 2.05) is 13.8 Å². The van der Waals surface area contributed by atoms with Gasteiger partial charge in [0.05, 0.1) is 6.61 Å². The van der Waals surface area contributed by atoms with E-state index in [2.05, 4.69) is 15.5 Å². The molecule has 0 bridgehead atoms. The maximum Gasteiger partial charge on any atom is 0.328 e. The molecule has 1 aromatic heterocycles. The zero-order chi connectivity index (χ0) is 13.7. The van der Waals surface area contributed by atoms with Gasteiger partial charge in [0.15, 0.2) is 6.04 Å². The van der Waals surface area contributed by atoms with Gasteiger partial charge in [0.25, 0.3) is 5.91 Å². The number of hydrogen-bond donors (Lipinski definition) is 3. The fourth-order valence-corrected chi connectivity index (χ4v) is 1.32. The molecule has 7 nitrogen and oxygen atoms in total. The molecule has 0 saturated carbocycles. The first-order valence-corrected chi connectivity index (χ1v) is 5.53. The van der Waals surface area contributed by atoms with Crippen LogP contribution in [0.2, 0.25) is 0 Å². The van der Waals surface area contributed by atoms with Crippen molar-refractivity contribution in [2.75, 3.05) is 13.7 Å². The third kappa shape index (κ3) is 3.56. The van der Waals surface area contributed by atoms with Crippen LogP contribution in [0.25, 0.3) is 0 Å². The number of rotatable bonds is 6. The number of hydrogen-bond acceptors (Lipinski definition) is 4. The summed E-state index contributed by atoms with van der Waals surface area (Å²) in [4.78, 5) is 22.6. The minimum Gasteiger partial charge on any atom is -0.480 e. The quantitative estimate of drug-likeness (QED) is 0.681. The number of carbonyl (C=O) groups excluding carboxylic acids is 1. The van der Waals surface area contributed by atoms with Crippen LogP contribution in [0.5, 0.6) is 0 Å². The third-order valence-corrected chi connectivity index (χ3v) is 2.39. The molecule has 0 aliphatic rings. The van der Waals surface area contributed by atoms with Crippen molar-refractivity contribution in [1.29, 1.82) is 0 Å². The molecule has 1 heterocycles. The van der Waals surface area contributed by atoms with Gasteiger partial charge < -0.3 is 15.2 Å². The van der Waals surface area contributed by atoms with Crippen molar-refractivity contribution in [3.05, 3.63) is 17.5 Å². The molecule has 1 aromatic rings. The molecule has 1 rings (SSSR count). The normalized spacial score (nSPS) is 12.4. The van der Waals surface area contributed by atoms with Crippen molar-refractivity contribution in [2.45, 2.75) is 25.8 Å². The zero-order valence-corrected chi connectivity index (χ0v) is 10.6. The number of nitrogens with one attached hydrogen (secondary N) is 2. The smallest absolute Gasteiger partial charge is 0.328 e. The average Bonchev–Trinajstić information content (AvgIpc) is 2.77. The first-order chi connectivity index (χ1) is 8.45. The number of carboxylic acids is 1. The minimum absolute atomic E-state index is 0.0947. The molecule has 1 amide bonds. The Kier molecular flexibility index (Phi) is 4.85. The number of amides is 1. The SMILES string of the molecule is COCC(NC(=O)c1cc(C(C)C)[nH]n1)C(=O)O. The molecule has 18 heavy (non-hydrogen) atoms. The molecule has 0 aromatic carbocycles. The largest absolute Gasteiger partial charge is 0.480 e. The first kappa shape index (κ1) is 14.2. The second-order valence-corrected chi connectivity index (χ2v) is 4.18. The molecule has 0 radical (unpaired) electrons. The number of H-pyrrole nitrogens is 1. The number of methoxy groups -OCH3 is 1. The van der Waals surface area contributed by atoms with E-state index in [4.69, 9.17) is 9.84 Å². The number of ether oxygens (including phenoxy) is 1. The van der Waals surface area contributed by atoms with Gasteiger partial charge in [0.2, 0.25) is 0 Å². The number of aromatic amines is 1. The molecule has 0 aliphatic heterocycles. The second kappa shape index (κ2) is 6.15. The Morgan fingerprint density at radius 2 is 2.22 bits per heavy atom. The maximum atomic E-state index is 11.8. The molecule has 1 unspecified atom stereocenters. The molecule has 100 valence electrons. The third-order valence-electron chi connectivity index (χ3n) is 2.39. The highest BCUT2D eigenvalue weighted by Crippen LogP contribution is 2.11. The van der Waals surface area contributed by atoms with Gasteiger partial charge in [0, 0.05) is 12.8 Å². The van der Waals surface area contributed by atoms with Crippen LogP contribution < -0.4 is 5.32 Å². The van der Waals surface area contributed by atoms with Crippen molar-refractivity contribution in [1.82, 2.24) is 15.5 Å². The maximum absolute atomic E-state index is 11.8. The highest BCUT2D eigenvalue weighted by Gasteiger charge is 2.22. The Labute approximate surface area is 105 Å². The average molecular weight is 255 g/mol. The van der Waals surface area contributed by atoms with Gasteiger partial charge in [-0.05, 0) is 12.0 Å². The molecule has 0 fully saturated rings. The lowest BCUT2D eigenvalue weighted by Gasteiger charge is -2.12. The fourth-order valence-electron chi connectivity index (χ4n) is 1.32. The Morgan fingerprint density at radius 1 is 1.56 bits per heavy atom. The van der Waals surface area contributed by atoms with E-state index >= 15 is 0 Å². The van der Waals surface area contributed by atoms with Crippen LogP contribution in [0.4, 0.5) is 0 Å². The first-order valence-electron chi connectivity index (χ1n) is 5.53. The van der Waals surface area contributed by atoms with Gasteiger partial charge in [-0.15, -0.1) is 0 Å². The van der Waals surface area contributed by atoms with Crippen LogP contribution >= 0.6 is 0 Å². The Hall–Kier alpha value is -1.89. The van der Waals surface area contributed by atoms with Gasteiger partial charge in [-0.3, -0.25) is 9.89 Å². The van der Waals surface area contributed by atoms with E-state index in [0.29, 0.717) is 0 Å². The lowest BCUT2D eigenvalue weighted by molar-refractivity contribution is -0.140. The summed E-state index contributed by atoms with van der Waals surface area (Å²) in [7, 11) is 1.37. The molecular weight excluding hydrogens is 238 g/mol. The summed E-state index contributed by atoms with van der Waals surface area (Å²) in [6, 6.07) is 0.521. The Morgan fingerprint density at radius 3 is 2.67 bits per heavy atom. The summed E-state index contributed by atoms with van der Waals surface area (Å²) in [6.07, 6.45) is 0. The molecule has 7 heteroatoms. The van der Waals surface area contributed by atoms with Crippen LogP contribution in [0.1, 0.15) is 35.9 Å². The molecule has 3 N–H and O–H groups in total. The predicted octanol–water partition coefficient (Wildman–Crippen LogP) is 0.362. The highest BCUT2D eigenvalue weighted by molar-refractivity contribution is 5.95. The number of carboxylic acid groups (broad SMARTS) is 1. The molecule has 0 aliphatic carbocycles. The van der Waals surface area contributed by atoms with Crippen molar-refractivity contribution < 1.29 is 19.4 Å². The molecule has 0 saturated heterocycles. The van der Waals surface area contributed by atoms with Crippen molar-refractivity contribution in [3.8, 4) is 0 Å². The van der Waals surface area contributed by atoms with Crippen LogP contribution in [-0.2, 0) is 9.53 Å². The van der Waals surface area contributed by atoms with Gasteiger partial charge in [0.1, 0.15) is 5.69 Å². The standard InChI is InChI=1S/C11H17N3O4/c1-6(2)7-4-8(14-13-7)10(15)12-9(5-18-3)11(16)17/h4,6,9H,5H2,1-3H3,(H,12,15)(H,13,14)(H,16,17). The van der Waals surface area contributed by atoms with E-state index in [9.17, 15) is 9.59 Å². The van der Waals surface area contributed by atoms with E-state index in [0.717, 1.165) is 5.69 Å². The molecule has 1 atom stereocenters. The van der Waals surface area contributed by atoms with E-state index in [1.54, 1.807) is 6.07 Å². The summed E-state index contributed by atoms with van der Waals surface area (Å²) in [6.45, 7) is 3.82. The lowest BCUT2D eigenvalue weighted by atomic mass is 10.1. The Balaban J connectivity index is 2.71. The van der Waals surface area contributed by atoms with E-state index in [1.165, 1.54) is 7.11 Å². The minimum atomic E-state index is -1.15. The summed E-state index contributed by atoms with van der Waals surface area (Å²) < 4.78 is 4.72. The number of carbonyl (C=O) groups is 2. The van der Waals surface area contributed by atoms with Crippen LogP contribution in [0, 0.1) is 0 Å². The zero-order valence-electron chi connectivity index (χ0n) is 10.6. The van der Waals surface area contributed by atoms with Crippen molar-refractivity contribution >= 4 is 11.9 Å². The summed E-state index contributed by atoms with van der Waals surface area (Å²) in [5.41, 5.74) is 0.986. The number of nitrogens with zero attached hydrogens (tertiary/aromatic N) is 1. The molecular formula is C11H17N3O4. The topological polar surface area (TPSA) is 104 Å². The van der Waals surface area contributed by atoms with Crippen LogP contribution in [-0.4, -0.2) is 46.9 Å². The summed E-state index contributed by atoms with van der Waals surface area (Å²) >= 11 is 0. The van der Waals surface area contributed by atoms with E-state index in [-0.39, 0.29) is 18.2 Å². The van der Waals surface area contributed by atoms with Gasteiger partial charge in [-0.1, -0.05) is 13.8 Å². The van der Waals surface area contributed by atoms with Crippen LogP contribution in [0.15, 0.2) is 6.07 Å². The van der Waals surface area contributed by atoms with Gasteiger partial charge in [-0.25, -0.2) is 4.79 Å². The fraction of sp³-hybridized carbons (Fsp3) is 0.545. The second-order valence-electron chi connectivity index (χ2n) is 4.18. The Bertz CT molecular complexity index is 428. The highest BCUT2D eigenvalue weighted by atomic mass is 16.5. The predicted molar refractivity (Wildman–Crippen MR) is 63.4 cm³/mol. The number of aromatic nitrogens is 2. The van der Waals surface area contributed by atoms with Crippen molar-refractivity contribution in [3.63, 3.8) is 0 Å². The monoisotopic (exact) mass is 255 g/mol. The van der Waals surface area contributed by atoms with Crippen molar-refractivity contribution in [2.24, 2.45) is 0 Å². The number of aliphatic carboxylic acids is 1. The molecule has 0 spiro atoms. The van der Waals surface area contributed by atoms with Gasteiger partial charge in [-0.2, -0.15) is 5.10 Å². The van der Waals surface area contributed by atoms with Crippen LogP contribution in [0.3, 0.4) is 0 Å². The van der Waals surface area contributed by atoms with E-state index < -0.39 is 17.9 Å². The summed E-state index contributed by atoms with van der Waals surface area (Å²) in [5.74, 6) is -1.47. The lowest BCUT2D eigenvalue weighted by Crippen LogP contribution is -2.43. The van der Waals surface area contributed by atoms with Gasteiger partial charge >= 0.3 is 5.97 Å².